The minimum absolute atomic E-state index is 0.0499. The molecule has 1 aliphatic rings. The second kappa shape index (κ2) is 10.8. The van der Waals surface area contributed by atoms with Gasteiger partial charge < -0.3 is 15.4 Å². The van der Waals surface area contributed by atoms with Gasteiger partial charge in [-0.05, 0) is 60.4 Å². The normalized spacial score (nSPS) is 12.8. The number of amides is 2. The summed E-state index contributed by atoms with van der Waals surface area (Å²) < 4.78 is 7.52. The molecule has 2 N–H and O–H groups in total. The number of hydrogen-bond acceptors (Lipinski definition) is 5. The Labute approximate surface area is 218 Å². The molecule has 0 spiro atoms. The van der Waals surface area contributed by atoms with Gasteiger partial charge in [-0.15, -0.1) is 0 Å². The van der Waals surface area contributed by atoms with Crippen molar-refractivity contribution in [3.8, 4) is 11.4 Å². The van der Waals surface area contributed by atoms with E-state index in [-0.39, 0.29) is 37.4 Å². The maximum atomic E-state index is 13.5. The zero-order valence-electron chi connectivity index (χ0n) is 21.0. The maximum absolute atomic E-state index is 13.5. The van der Waals surface area contributed by atoms with Crippen LogP contribution in [0.3, 0.4) is 0 Å². The largest absolute Gasteiger partial charge is 0.497 e. The van der Waals surface area contributed by atoms with Crippen LogP contribution >= 0.6 is 0 Å². The van der Waals surface area contributed by atoms with Gasteiger partial charge >= 0.3 is 5.69 Å². The first-order valence-electron chi connectivity index (χ1n) is 12.5. The predicted molar refractivity (Wildman–Crippen MR) is 144 cm³/mol. The number of rotatable bonds is 9. The fourth-order valence-corrected chi connectivity index (χ4v) is 4.30. The molecule has 1 aromatic heterocycles. The molecule has 194 valence electrons. The van der Waals surface area contributed by atoms with E-state index in [9.17, 15) is 19.2 Å². The van der Waals surface area contributed by atoms with Crippen LogP contribution in [0.5, 0.6) is 5.75 Å². The molecule has 38 heavy (non-hydrogen) atoms. The van der Waals surface area contributed by atoms with Gasteiger partial charge in [-0.2, -0.15) is 0 Å². The molecule has 2 amide bonds. The number of fused-ring (bicyclic) bond motifs is 1. The number of aromatic nitrogens is 2. The Morgan fingerprint density at radius 1 is 0.895 bits per heavy atom. The summed E-state index contributed by atoms with van der Waals surface area (Å²) in [5.41, 5.74) is 1.31. The van der Waals surface area contributed by atoms with Crippen LogP contribution in [0.4, 0.5) is 0 Å². The minimum atomic E-state index is -0.618. The SMILES string of the molecule is COc1ccc(CNC(=O)Cn2c(=O)n(-c3ccc(CC(=O)NC4CC4)cc3)c(=O)c3ccccc32)cc1. The molecule has 0 atom stereocenters. The van der Waals surface area contributed by atoms with Crippen molar-refractivity contribution in [1.29, 1.82) is 0 Å². The van der Waals surface area contributed by atoms with E-state index in [2.05, 4.69) is 10.6 Å². The smallest absolute Gasteiger partial charge is 0.336 e. The first-order valence-corrected chi connectivity index (χ1v) is 12.5. The van der Waals surface area contributed by atoms with E-state index in [0.717, 1.165) is 34.3 Å². The van der Waals surface area contributed by atoms with Gasteiger partial charge in [0, 0.05) is 12.6 Å². The van der Waals surface area contributed by atoms with Crippen LogP contribution in [0.15, 0.2) is 82.4 Å². The van der Waals surface area contributed by atoms with Crippen molar-refractivity contribution < 1.29 is 14.3 Å². The number of benzene rings is 3. The summed E-state index contributed by atoms with van der Waals surface area (Å²) in [4.78, 5) is 51.8. The van der Waals surface area contributed by atoms with Crippen LogP contribution in [0.25, 0.3) is 16.6 Å². The van der Waals surface area contributed by atoms with Gasteiger partial charge in [0.15, 0.2) is 0 Å². The van der Waals surface area contributed by atoms with E-state index < -0.39 is 11.2 Å². The summed E-state index contributed by atoms with van der Waals surface area (Å²) in [6.45, 7) is 0.0279. The third-order valence-electron chi connectivity index (χ3n) is 6.50. The van der Waals surface area contributed by atoms with Crippen LogP contribution in [0, 0.1) is 0 Å². The van der Waals surface area contributed by atoms with Gasteiger partial charge in [0.2, 0.25) is 11.8 Å². The van der Waals surface area contributed by atoms with Gasteiger partial charge in [-0.1, -0.05) is 36.4 Å². The van der Waals surface area contributed by atoms with Crippen LogP contribution in [-0.2, 0) is 29.1 Å². The van der Waals surface area contributed by atoms with E-state index in [1.807, 2.05) is 12.1 Å². The monoisotopic (exact) mass is 512 g/mol. The minimum Gasteiger partial charge on any atom is -0.497 e. The molecule has 0 radical (unpaired) electrons. The van der Waals surface area contributed by atoms with Crippen molar-refractivity contribution in [1.82, 2.24) is 19.8 Å². The number of hydrogen-bond donors (Lipinski definition) is 2. The van der Waals surface area contributed by atoms with E-state index >= 15 is 0 Å². The quantitative estimate of drug-likeness (QED) is 0.358. The number of nitrogens with zero attached hydrogens (tertiary/aromatic N) is 2. The van der Waals surface area contributed by atoms with E-state index in [4.69, 9.17) is 4.74 Å². The average molecular weight is 513 g/mol. The molecular weight excluding hydrogens is 484 g/mol. The number of ether oxygens (including phenoxy) is 1. The molecule has 3 aromatic carbocycles. The Morgan fingerprint density at radius 2 is 1.58 bits per heavy atom. The summed E-state index contributed by atoms with van der Waals surface area (Å²) in [6, 6.07) is 21.1. The van der Waals surface area contributed by atoms with Gasteiger partial charge in [0.05, 0.1) is 30.1 Å². The second-order valence-electron chi connectivity index (χ2n) is 9.34. The maximum Gasteiger partial charge on any atom is 0.336 e. The molecule has 9 heteroatoms. The fourth-order valence-electron chi connectivity index (χ4n) is 4.30. The number of para-hydroxylation sites is 1. The lowest BCUT2D eigenvalue weighted by molar-refractivity contribution is -0.122. The lowest BCUT2D eigenvalue weighted by Gasteiger charge is -2.14. The molecule has 0 bridgehead atoms. The molecular formula is C29H28N4O5. The molecule has 1 fully saturated rings. The van der Waals surface area contributed by atoms with Crippen molar-refractivity contribution in [2.24, 2.45) is 0 Å². The van der Waals surface area contributed by atoms with E-state index in [1.54, 1.807) is 67.8 Å². The molecule has 1 aliphatic carbocycles. The molecule has 1 saturated carbocycles. The topological polar surface area (TPSA) is 111 Å². The Morgan fingerprint density at radius 3 is 2.26 bits per heavy atom. The molecule has 9 nitrogen and oxygen atoms in total. The van der Waals surface area contributed by atoms with Gasteiger partial charge in [-0.25, -0.2) is 9.36 Å². The number of carbonyl (C=O) groups excluding carboxylic acids is 2. The lowest BCUT2D eigenvalue weighted by Crippen LogP contribution is -2.41. The van der Waals surface area contributed by atoms with Gasteiger partial charge in [0.1, 0.15) is 12.3 Å². The number of methoxy groups -OCH3 is 1. The second-order valence-corrected chi connectivity index (χ2v) is 9.34. The van der Waals surface area contributed by atoms with Crippen molar-refractivity contribution in [3.63, 3.8) is 0 Å². The summed E-state index contributed by atoms with van der Waals surface area (Å²) in [7, 11) is 1.58. The number of carbonyl (C=O) groups is 2. The summed E-state index contributed by atoms with van der Waals surface area (Å²) >= 11 is 0. The summed E-state index contributed by atoms with van der Waals surface area (Å²) in [5.74, 6) is 0.302. The third-order valence-corrected chi connectivity index (χ3v) is 6.50. The molecule has 5 rings (SSSR count). The Kier molecular flexibility index (Phi) is 7.08. The third kappa shape index (κ3) is 5.51. The van der Waals surface area contributed by atoms with Crippen LogP contribution in [0.1, 0.15) is 24.0 Å². The Hall–Kier alpha value is -4.66. The summed E-state index contributed by atoms with van der Waals surface area (Å²) in [6.07, 6.45) is 2.25. The van der Waals surface area contributed by atoms with E-state index in [0.29, 0.717) is 16.6 Å². The van der Waals surface area contributed by atoms with Crippen molar-refractivity contribution in [2.75, 3.05) is 7.11 Å². The van der Waals surface area contributed by atoms with Crippen molar-refractivity contribution >= 4 is 22.7 Å². The molecule has 4 aromatic rings. The van der Waals surface area contributed by atoms with Crippen LogP contribution < -0.4 is 26.6 Å². The predicted octanol–water partition coefficient (Wildman–Crippen LogP) is 2.30. The number of nitrogens with one attached hydrogen (secondary N) is 2. The zero-order chi connectivity index (χ0) is 26.6. The Bertz CT molecular complexity index is 1600. The van der Waals surface area contributed by atoms with Crippen LogP contribution in [0.2, 0.25) is 0 Å². The van der Waals surface area contributed by atoms with Crippen LogP contribution in [-0.4, -0.2) is 34.1 Å². The lowest BCUT2D eigenvalue weighted by atomic mass is 10.1. The zero-order valence-corrected chi connectivity index (χ0v) is 21.0. The highest BCUT2D eigenvalue weighted by molar-refractivity contribution is 5.82. The standard InChI is InChI=1S/C29H28N4O5/c1-38-23-14-8-20(9-15-23)17-30-27(35)18-32-25-5-3-2-4-24(25)28(36)33(29(32)37)22-12-6-19(7-13-22)16-26(34)31-21-10-11-21/h2-9,12-15,21H,10-11,16-18H2,1H3,(H,30,35)(H,31,34). The van der Waals surface area contributed by atoms with Crippen molar-refractivity contribution in [2.45, 2.75) is 38.4 Å². The first kappa shape index (κ1) is 25.0. The molecule has 0 aliphatic heterocycles. The Balaban J connectivity index is 1.40. The highest BCUT2D eigenvalue weighted by Gasteiger charge is 2.23. The van der Waals surface area contributed by atoms with Crippen molar-refractivity contribution in [3.05, 3.63) is 105 Å². The van der Waals surface area contributed by atoms with Gasteiger partial charge in [0.25, 0.3) is 5.56 Å². The molecule has 0 unspecified atom stereocenters. The fraction of sp³-hybridized carbons (Fsp3) is 0.241. The average Bonchev–Trinajstić information content (AvgIpc) is 3.75. The van der Waals surface area contributed by atoms with Gasteiger partial charge in [-0.3, -0.25) is 19.0 Å². The first-order chi connectivity index (χ1) is 18.4. The summed E-state index contributed by atoms with van der Waals surface area (Å²) in [5, 5.41) is 6.10. The molecule has 0 saturated heterocycles. The van der Waals surface area contributed by atoms with E-state index in [1.165, 1.54) is 4.57 Å². The molecule has 1 heterocycles. The highest BCUT2D eigenvalue weighted by Crippen LogP contribution is 2.19. The highest BCUT2D eigenvalue weighted by atomic mass is 16.5.